The average Bonchev–Trinajstić information content (AvgIpc) is 2.67. The molecular weight excluding hydrogens is 360 g/mol. The van der Waals surface area contributed by atoms with Crippen molar-refractivity contribution < 1.29 is 28.9 Å². The molecule has 1 unspecified atom stereocenters. The predicted molar refractivity (Wildman–Crippen MR) is 107 cm³/mol. The third-order valence-electron chi connectivity index (χ3n) is 5.08. The highest BCUT2D eigenvalue weighted by atomic mass is 16.5. The Morgan fingerprint density at radius 2 is 1.75 bits per heavy atom. The molecule has 0 bridgehead atoms. The zero-order valence-electron chi connectivity index (χ0n) is 17.4. The van der Waals surface area contributed by atoms with Gasteiger partial charge in [0, 0.05) is 5.69 Å². The topological polar surface area (TPSA) is 85.5 Å². The van der Waals surface area contributed by atoms with Crippen molar-refractivity contribution in [3.8, 4) is 5.75 Å². The van der Waals surface area contributed by atoms with E-state index in [9.17, 15) is 9.59 Å². The molecule has 4 N–H and O–H groups in total. The van der Waals surface area contributed by atoms with Gasteiger partial charge < -0.3 is 29.9 Å². The zero-order chi connectivity index (χ0) is 20.6. The number of hydrogen-bond donors (Lipinski definition) is 4. The number of morpholine rings is 1. The van der Waals surface area contributed by atoms with Crippen LogP contribution in [0.1, 0.15) is 13.8 Å². The van der Waals surface area contributed by atoms with E-state index in [0.29, 0.717) is 12.2 Å². The summed E-state index contributed by atoms with van der Waals surface area (Å²) in [5, 5.41) is 5.85. The van der Waals surface area contributed by atoms with Crippen LogP contribution in [0.3, 0.4) is 0 Å². The van der Waals surface area contributed by atoms with Crippen molar-refractivity contribution in [3.05, 3.63) is 24.3 Å². The number of methoxy groups -OCH3 is 1. The Balaban J connectivity index is 1.71. The van der Waals surface area contributed by atoms with Crippen molar-refractivity contribution in [1.82, 2.24) is 5.32 Å². The summed E-state index contributed by atoms with van der Waals surface area (Å²) >= 11 is 0. The lowest BCUT2D eigenvalue weighted by atomic mass is 10.0. The Labute approximate surface area is 167 Å². The molecule has 1 saturated heterocycles. The normalized spacial score (nSPS) is 16.3. The molecule has 1 heterocycles. The lowest BCUT2D eigenvalue weighted by Crippen LogP contribution is -3.22. The second-order valence-corrected chi connectivity index (χ2v) is 7.96. The predicted octanol–water partition coefficient (Wildman–Crippen LogP) is -2.04. The lowest BCUT2D eigenvalue weighted by Gasteiger charge is -2.37. The molecule has 0 spiro atoms. The number of carbonyl (C=O) groups is 2. The first-order valence-corrected chi connectivity index (χ1v) is 9.75. The molecule has 0 radical (unpaired) electrons. The van der Waals surface area contributed by atoms with Gasteiger partial charge in [-0.1, -0.05) is 0 Å². The number of quaternary nitrogens is 2. The Morgan fingerprint density at radius 1 is 1.14 bits per heavy atom. The molecule has 8 nitrogen and oxygen atoms in total. The third kappa shape index (κ3) is 7.10. The van der Waals surface area contributed by atoms with Gasteiger partial charge in [0.15, 0.2) is 13.1 Å². The van der Waals surface area contributed by atoms with E-state index in [-0.39, 0.29) is 30.4 Å². The van der Waals surface area contributed by atoms with E-state index < -0.39 is 0 Å². The molecule has 1 aliphatic heterocycles. The largest absolute Gasteiger partial charge is 0.497 e. The van der Waals surface area contributed by atoms with Crippen LogP contribution in [0, 0.1) is 0 Å². The summed E-state index contributed by atoms with van der Waals surface area (Å²) in [5.41, 5.74) is 0.664. The van der Waals surface area contributed by atoms with E-state index in [1.165, 1.54) is 4.90 Å². The van der Waals surface area contributed by atoms with Crippen LogP contribution < -0.4 is 25.2 Å². The number of nitrogens with one attached hydrogen (secondary N) is 4. The quantitative estimate of drug-likeness (QED) is 0.389. The standard InChI is InChI=1S/C20H32N4O4/c1-20(2,24-9-11-28-12-10-24)15-21-18(25)13-23(3)14-19(26)22-16-5-7-17(27-4)8-6-16/h5-8H,9-15H2,1-4H3,(H,21,25)(H,22,26)/p+2. The average molecular weight is 395 g/mol. The van der Waals surface area contributed by atoms with Gasteiger partial charge >= 0.3 is 0 Å². The molecule has 0 saturated carbocycles. The molecule has 28 heavy (non-hydrogen) atoms. The maximum atomic E-state index is 12.3. The Bertz CT molecular complexity index is 642. The second-order valence-electron chi connectivity index (χ2n) is 7.96. The van der Waals surface area contributed by atoms with Gasteiger partial charge in [-0.25, -0.2) is 0 Å². The van der Waals surface area contributed by atoms with Gasteiger partial charge in [0.05, 0.1) is 33.9 Å². The number of carbonyl (C=O) groups excluding carboxylic acids is 2. The highest BCUT2D eigenvalue weighted by Gasteiger charge is 2.32. The number of hydrogen-bond acceptors (Lipinski definition) is 4. The fraction of sp³-hybridized carbons (Fsp3) is 0.600. The molecular formula is C20H34N4O4+2. The minimum absolute atomic E-state index is 0.0426. The van der Waals surface area contributed by atoms with E-state index in [1.807, 2.05) is 7.05 Å². The molecule has 1 atom stereocenters. The van der Waals surface area contributed by atoms with E-state index in [1.54, 1.807) is 31.4 Å². The minimum Gasteiger partial charge on any atom is -0.497 e. The molecule has 2 amide bonds. The van der Waals surface area contributed by atoms with Crippen LogP contribution in [0.5, 0.6) is 5.75 Å². The van der Waals surface area contributed by atoms with E-state index in [0.717, 1.165) is 37.0 Å². The van der Waals surface area contributed by atoms with Crippen LogP contribution in [0.25, 0.3) is 0 Å². The molecule has 0 aromatic heterocycles. The Hall–Kier alpha value is -2.16. The van der Waals surface area contributed by atoms with Gasteiger partial charge in [0.1, 0.15) is 24.4 Å². The van der Waals surface area contributed by atoms with E-state index in [4.69, 9.17) is 9.47 Å². The van der Waals surface area contributed by atoms with Crippen LogP contribution in [0.4, 0.5) is 5.69 Å². The van der Waals surface area contributed by atoms with Gasteiger partial charge in [-0.2, -0.15) is 0 Å². The number of ether oxygens (including phenoxy) is 2. The molecule has 2 rings (SSSR count). The number of amides is 2. The van der Waals surface area contributed by atoms with Crippen molar-refractivity contribution in [2.75, 3.05) is 65.4 Å². The smallest absolute Gasteiger partial charge is 0.279 e. The summed E-state index contributed by atoms with van der Waals surface area (Å²) < 4.78 is 10.5. The first kappa shape index (κ1) is 22.1. The summed E-state index contributed by atoms with van der Waals surface area (Å²) in [7, 11) is 3.44. The number of benzene rings is 1. The summed E-state index contributed by atoms with van der Waals surface area (Å²) in [6, 6.07) is 7.15. The SMILES string of the molecule is COc1ccc(NC(=O)C[NH+](C)CC(=O)NCC(C)(C)[NH+]2CCOCC2)cc1. The Kier molecular flexibility index (Phi) is 8.22. The van der Waals surface area contributed by atoms with Gasteiger partial charge in [-0.3, -0.25) is 9.59 Å². The van der Waals surface area contributed by atoms with Crippen molar-refractivity contribution in [2.45, 2.75) is 19.4 Å². The molecule has 8 heteroatoms. The molecule has 0 aliphatic carbocycles. The van der Waals surface area contributed by atoms with Crippen LogP contribution in [0.15, 0.2) is 24.3 Å². The fourth-order valence-corrected chi connectivity index (χ4v) is 3.29. The maximum absolute atomic E-state index is 12.3. The van der Waals surface area contributed by atoms with Crippen molar-refractivity contribution in [1.29, 1.82) is 0 Å². The highest BCUT2D eigenvalue weighted by molar-refractivity contribution is 5.91. The van der Waals surface area contributed by atoms with Gasteiger partial charge in [-0.15, -0.1) is 0 Å². The van der Waals surface area contributed by atoms with Gasteiger partial charge in [-0.05, 0) is 38.1 Å². The van der Waals surface area contributed by atoms with Crippen molar-refractivity contribution in [3.63, 3.8) is 0 Å². The first-order valence-electron chi connectivity index (χ1n) is 9.75. The van der Waals surface area contributed by atoms with Crippen LogP contribution in [-0.2, 0) is 14.3 Å². The lowest BCUT2D eigenvalue weighted by molar-refractivity contribution is -0.954. The third-order valence-corrected chi connectivity index (χ3v) is 5.08. The summed E-state index contributed by atoms with van der Waals surface area (Å²) in [6.07, 6.45) is 0. The summed E-state index contributed by atoms with van der Waals surface area (Å²) in [4.78, 5) is 26.7. The number of likely N-dealkylation sites (N-methyl/N-ethyl adjacent to an activating group) is 1. The molecule has 1 aliphatic rings. The monoisotopic (exact) mass is 394 g/mol. The maximum Gasteiger partial charge on any atom is 0.279 e. The molecule has 1 fully saturated rings. The van der Waals surface area contributed by atoms with Crippen LogP contribution in [0.2, 0.25) is 0 Å². The van der Waals surface area contributed by atoms with Crippen molar-refractivity contribution in [2.24, 2.45) is 0 Å². The molecule has 1 aromatic rings. The van der Waals surface area contributed by atoms with Gasteiger partial charge in [0.25, 0.3) is 11.8 Å². The number of rotatable bonds is 9. The van der Waals surface area contributed by atoms with Crippen LogP contribution >= 0.6 is 0 Å². The van der Waals surface area contributed by atoms with Crippen LogP contribution in [-0.4, -0.2) is 77.4 Å². The zero-order valence-corrected chi connectivity index (χ0v) is 17.4. The fourth-order valence-electron chi connectivity index (χ4n) is 3.29. The number of anilines is 1. The highest BCUT2D eigenvalue weighted by Crippen LogP contribution is 2.14. The van der Waals surface area contributed by atoms with Crippen molar-refractivity contribution >= 4 is 17.5 Å². The second kappa shape index (κ2) is 10.4. The van der Waals surface area contributed by atoms with Gasteiger partial charge in [0.2, 0.25) is 0 Å². The molecule has 1 aromatic carbocycles. The summed E-state index contributed by atoms with van der Waals surface area (Å²) in [5.74, 6) is 0.559. The first-order chi connectivity index (χ1) is 13.3. The van der Waals surface area contributed by atoms with E-state index in [2.05, 4.69) is 24.5 Å². The Morgan fingerprint density at radius 3 is 2.36 bits per heavy atom. The van der Waals surface area contributed by atoms with E-state index >= 15 is 0 Å². The minimum atomic E-state index is -0.131. The summed E-state index contributed by atoms with van der Waals surface area (Å²) in [6.45, 7) is 8.85. The molecule has 156 valence electrons.